The first-order chi connectivity index (χ1) is 8.00. The molecule has 0 aliphatic carbocycles. The maximum Gasteiger partial charge on any atom is 0.419 e. The van der Waals surface area contributed by atoms with Crippen molar-refractivity contribution < 1.29 is 13.2 Å². The highest BCUT2D eigenvalue weighted by atomic mass is 35.5. The van der Waals surface area contributed by atoms with E-state index in [1.165, 1.54) is 4.68 Å². The average Bonchev–Trinajstić information content (AvgIpc) is 2.78. The number of rotatable bonds is 2. The highest BCUT2D eigenvalue weighted by molar-refractivity contribution is 6.17. The molecule has 2 nitrogen and oxygen atoms in total. The molecule has 90 valence electrons. The van der Waals surface area contributed by atoms with E-state index >= 15 is 0 Å². The first-order valence-corrected chi connectivity index (χ1v) is 5.31. The molecular formula is C11H8ClF3N2. The normalized spacial score (nSPS) is 11.8. The molecule has 0 saturated heterocycles. The van der Waals surface area contributed by atoms with Crippen LogP contribution in [0.15, 0.2) is 36.7 Å². The molecule has 0 saturated carbocycles. The van der Waals surface area contributed by atoms with Gasteiger partial charge in [0.15, 0.2) is 0 Å². The van der Waals surface area contributed by atoms with E-state index in [1.807, 2.05) is 0 Å². The molecule has 0 amide bonds. The van der Waals surface area contributed by atoms with Crippen LogP contribution < -0.4 is 0 Å². The minimum atomic E-state index is -4.37. The van der Waals surface area contributed by atoms with E-state index in [9.17, 15) is 13.2 Å². The molecular weight excluding hydrogens is 253 g/mol. The fraction of sp³-hybridized carbons (Fsp3) is 0.182. The summed E-state index contributed by atoms with van der Waals surface area (Å²) in [5, 5.41) is 3.67. The molecule has 0 unspecified atom stereocenters. The van der Waals surface area contributed by atoms with E-state index in [1.54, 1.807) is 24.3 Å². The van der Waals surface area contributed by atoms with Crippen molar-refractivity contribution in [1.29, 1.82) is 0 Å². The maximum absolute atomic E-state index is 12.4. The minimum absolute atomic E-state index is 0.368. The van der Waals surface area contributed by atoms with Gasteiger partial charge in [-0.1, -0.05) is 12.1 Å². The first-order valence-electron chi connectivity index (χ1n) is 4.78. The van der Waals surface area contributed by atoms with Gasteiger partial charge in [0, 0.05) is 12.1 Å². The summed E-state index contributed by atoms with van der Waals surface area (Å²) in [5.41, 5.74) is 0.701. The molecule has 1 aromatic carbocycles. The monoisotopic (exact) mass is 260 g/mol. The van der Waals surface area contributed by atoms with Crippen LogP contribution in [-0.2, 0) is 12.1 Å². The van der Waals surface area contributed by atoms with Crippen LogP contribution in [-0.4, -0.2) is 9.78 Å². The van der Waals surface area contributed by atoms with E-state index in [0.29, 0.717) is 11.6 Å². The highest BCUT2D eigenvalue weighted by Crippen LogP contribution is 2.29. The zero-order valence-electron chi connectivity index (χ0n) is 8.58. The summed E-state index contributed by atoms with van der Waals surface area (Å²) in [5.74, 6) is 0.368. The van der Waals surface area contributed by atoms with Gasteiger partial charge in [0.1, 0.15) is 0 Å². The Morgan fingerprint density at radius 2 is 1.82 bits per heavy atom. The number of aromatic nitrogens is 2. The lowest BCUT2D eigenvalue weighted by atomic mass is 10.2. The molecule has 2 rings (SSSR count). The second-order valence-corrected chi connectivity index (χ2v) is 3.74. The Morgan fingerprint density at radius 3 is 2.29 bits per heavy atom. The smallest absolute Gasteiger partial charge is 0.240 e. The lowest BCUT2D eigenvalue weighted by Gasteiger charge is -2.03. The summed E-state index contributed by atoms with van der Waals surface area (Å²) < 4.78 is 38.3. The van der Waals surface area contributed by atoms with Crippen LogP contribution in [0.3, 0.4) is 0 Å². The fourth-order valence-electron chi connectivity index (χ4n) is 1.35. The Hall–Kier alpha value is -1.49. The molecule has 0 aliphatic heterocycles. The molecule has 0 aliphatic rings. The van der Waals surface area contributed by atoms with Gasteiger partial charge in [0.2, 0.25) is 0 Å². The molecule has 1 aromatic heterocycles. The van der Waals surface area contributed by atoms with Crippen LogP contribution in [0.1, 0.15) is 11.1 Å². The second kappa shape index (κ2) is 4.41. The van der Waals surface area contributed by atoms with Gasteiger partial charge in [-0.15, -0.1) is 11.6 Å². The minimum Gasteiger partial charge on any atom is -0.240 e. The van der Waals surface area contributed by atoms with Crippen molar-refractivity contribution in [1.82, 2.24) is 9.78 Å². The predicted octanol–water partition coefficient (Wildman–Crippen LogP) is 3.63. The van der Waals surface area contributed by atoms with Crippen LogP contribution in [0, 0.1) is 0 Å². The van der Waals surface area contributed by atoms with E-state index in [4.69, 9.17) is 11.6 Å². The quantitative estimate of drug-likeness (QED) is 0.754. The molecule has 17 heavy (non-hydrogen) atoms. The zero-order chi connectivity index (χ0) is 12.5. The van der Waals surface area contributed by atoms with Gasteiger partial charge in [-0.05, 0) is 17.7 Å². The van der Waals surface area contributed by atoms with Crippen LogP contribution in [0.4, 0.5) is 13.2 Å². The van der Waals surface area contributed by atoms with Crippen molar-refractivity contribution >= 4 is 11.6 Å². The second-order valence-electron chi connectivity index (χ2n) is 3.47. The third-order valence-electron chi connectivity index (χ3n) is 2.27. The van der Waals surface area contributed by atoms with Crippen LogP contribution in [0.2, 0.25) is 0 Å². The molecule has 6 heteroatoms. The molecule has 0 fully saturated rings. The number of hydrogen-bond donors (Lipinski definition) is 0. The van der Waals surface area contributed by atoms with Crippen LogP contribution >= 0.6 is 11.6 Å². The van der Waals surface area contributed by atoms with Gasteiger partial charge in [-0.2, -0.15) is 18.3 Å². The van der Waals surface area contributed by atoms with Gasteiger partial charge >= 0.3 is 6.18 Å². The standard InChI is InChI=1S/C11H8ClF3N2/c12-5-8-1-3-10(4-2-8)17-7-9(6-16-17)11(13,14)15/h1-4,6-7H,5H2. The third-order valence-corrected chi connectivity index (χ3v) is 2.57. The van der Waals surface area contributed by atoms with Crippen molar-refractivity contribution in [2.24, 2.45) is 0 Å². The number of halogens is 4. The van der Waals surface area contributed by atoms with E-state index < -0.39 is 11.7 Å². The lowest BCUT2D eigenvalue weighted by Crippen LogP contribution is -2.02. The van der Waals surface area contributed by atoms with Crippen molar-refractivity contribution in [3.8, 4) is 5.69 Å². The van der Waals surface area contributed by atoms with Gasteiger partial charge in [-0.25, -0.2) is 4.68 Å². The van der Waals surface area contributed by atoms with Gasteiger partial charge in [0.05, 0.1) is 17.4 Å². The third kappa shape index (κ3) is 2.61. The largest absolute Gasteiger partial charge is 0.419 e. The summed E-state index contributed by atoms with van der Waals surface area (Å²) >= 11 is 5.62. The average molecular weight is 261 g/mol. The van der Waals surface area contributed by atoms with Gasteiger partial charge < -0.3 is 0 Å². The molecule has 0 radical (unpaired) electrons. The molecule has 0 N–H and O–H groups in total. The maximum atomic E-state index is 12.4. The Labute approximate surface area is 101 Å². The van der Waals surface area contributed by atoms with Crippen molar-refractivity contribution in [2.45, 2.75) is 12.1 Å². The van der Waals surface area contributed by atoms with E-state index in [-0.39, 0.29) is 0 Å². The van der Waals surface area contributed by atoms with Crippen LogP contribution in [0.25, 0.3) is 5.69 Å². The summed E-state index contributed by atoms with van der Waals surface area (Å²) in [6.45, 7) is 0. The summed E-state index contributed by atoms with van der Waals surface area (Å²) in [6.07, 6.45) is -2.61. The topological polar surface area (TPSA) is 17.8 Å². The Morgan fingerprint density at radius 1 is 1.18 bits per heavy atom. The van der Waals surface area contributed by atoms with Crippen molar-refractivity contribution in [3.05, 3.63) is 47.8 Å². The molecule has 0 spiro atoms. The number of nitrogens with zero attached hydrogens (tertiary/aromatic N) is 2. The van der Waals surface area contributed by atoms with Crippen molar-refractivity contribution in [2.75, 3.05) is 0 Å². The summed E-state index contributed by atoms with van der Waals surface area (Å²) in [6, 6.07) is 6.84. The number of hydrogen-bond acceptors (Lipinski definition) is 1. The predicted molar refractivity (Wildman–Crippen MR) is 58.1 cm³/mol. The van der Waals surface area contributed by atoms with E-state index in [0.717, 1.165) is 18.0 Å². The molecule has 0 bridgehead atoms. The number of benzene rings is 1. The lowest BCUT2D eigenvalue weighted by molar-refractivity contribution is -0.137. The van der Waals surface area contributed by atoms with Crippen LogP contribution in [0.5, 0.6) is 0 Å². The molecule has 2 aromatic rings. The van der Waals surface area contributed by atoms with Gasteiger partial charge in [0.25, 0.3) is 0 Å². The first kappa shape index (κ1) is 12.0. The Bertz CT molecular complexity index is 502. The molecule has 0 atom stereocenters. The SMILES string of the molecule is FC(F)(F)c1cnn(-c2ccc(CCl)cc2)c1. The van der Waals surface area contributed by atoms with Gasteiger partial charge in [-0.3, -0.25) is 0 Å². The van der Waals surface area contributed by atoms with Crippen molar-refractivity contribution in [3.63, 3.8) is 0 Å². The van der Waals surface area contributed by atoms with E-state index in [2.05, 4.69) is 5.10 Å². The Kier molecular flexibility index (Phi) is 3.11. The summed E-state index contributed by atoms with van der Waals surface area (Å²) in [4.78, 5) is 0. The molecule has 1 heterocycles. The fourth-order valence-corrected chi connectivity index (χ4v) is 1.53. The summed E-state index contributed by atoms with van der Waals surface area (Å²) in [7, 11) is 0. The highest BCUT2D eigenvalue weighted by Gasteiger charge is 2.32. The number of alkyl halides is 4. The Balaban J connectivity index is 2.30. The zero-order valence-corrected chi connectivity index (χ0v) is 9.33.